The van der Waals surface area contributed by atoms with Crippen molar-refractivity contribution >= 4 is 10.8 Å². The molecule has 0 aliphatic carbocycles. The van der Waals surface area contributed by atoms with E-state index in [1.807, 2.05) is 18.2 Å². The van der Waals surface area contributed by atoms with Gasteiger partial charge in [-0.25, -0.2) is 0 Å². The van der Waals surface area contributed by atoms with Crippen molar-refractivity contribution in [2.24, 2.45) is 0 Å². The van der Waals surface area contributed by atoms with Gasteiger partial charge in [0.1, 0.15) is 69.3 Å². The monoisotopic (exact) mass is 488 g/mol. The predicted molar refractivity (Wildman–Crippen MR) is 120 cm³/mol. The molecule has 0 saturated carbocycles. The van der Waals surface area contributed by atoms with Crippen molar-refractivity contribution in [3.05, 3.63) is 18.2 Å². The molecule has 188 valence electrons. The van der Waals surface area contributed by atoms with Crippen LogP contribution in [0.2, 0.25) is 0 Å². The standard InChI is InChI=1S/C25H28O10/c1-2-19-21(20(3-1)31-9-14-4-26-14)23(33-11-16-6-28-16)25(35-13-18-8-30-18)24(34-12-17-7-29-17)22(19)32-10-15-5-27-15/h1-3,14-18H,4-13H2. The lowest BCUT2D eigenvalue weighted by molar-refractivity contribution is 0.198. The van der Waals surface area contributed by atoms with Gasteiger partial charge in [-0.2, -0.15) is 0 Å². The van der Waals surface area contributed by atoms with Gasteiger partial charge in [-0.3, -0.25) is 0 Å². The number of fused-ring (bicyclic) bond motifs is 1. The lowest BCUT2D eigenvalue weighted by atomic mass is 10.0. The van der Waals surface area contributed by atoms with E-state index < -0.39 is 0 Å². The van der Waals surface area contributed by atoms with Crippen LogP contribution in [0.4, 0.5) is 0 Å². The lowest BCUT2D eigenvalue weighted by Gasteiger charge is -2.23. The van der Waals surface area contributed by atoms with Gasteiger partial charge >= 0.3 is 0 Å². The van der Waals surface area contributed by atoms with Gasteiger partial charge in [-0.05, 0) is 6.07 Å². The van der Waals surface area contributed by atoms with Crippen molar-refractivity contribution in [2.45, 2.75) is 30.5 Å². The minimum atomic E-state index is 0.0488. The van der Waals surface area contributed by atoms with Crippen molar-refractivity contribution in [2.75, 3.05) is 66.1 Å². The molecule has 10 heteroatoms. The van der Waals surface area contributed by atoms with Crippen LogP contribution in [0.25, 0.3) is 10.8 Å². The van der Waals surface area contributed by atoms with E-state index in [0.717, 1.165) is 10.8 Å². The minimum absolute atomic E-state index is 0.0488. The van der Waals surface area contributed by atoms with E-state index in [-0.39, 0.29) is 30.5 Å². The summed E-state index contributed by atoms with van der Waals surface area (Å²) in [5, 5.41) is 1.58. The molecule has 2 aromatic rings. The highest BCUT2D eigenvalue weighted by molar-refractivity contribution is 6.02. The number of benzene rings is 2. The van der Waals surface area contributed by atoms with Crippen LogP contribution < -0.4 is 23.7 Å². The second kappa shape index (κ2) is 9.18. The van der Waals surface area contributed by atoms with Crippen LogP contribution in [-0.2, 0) is 23.7 Å². The van der Waals surface area contributed by atoms with Crippen LogP contribution in [0.15, 0.2) is 18.2 Å². The van der Waals surface area contributed by atoms with E-state index >= 15 is 0 Å². The molecule has 0 N–H and O–H groups in total. The predicted octanol–water partition coefficient (Wildman–Crippen LogP) is 1.73. The first-order valence-corrected chi connectivity index (χ1v) is 12.2. The zero-order valence-electron chi connectivity index (χ0n) is 19.3. The Morgan fingerprint density at radius 1 is 0.514 bits per heavy atom. The number of rotatable bonds is 15. The molecule has 10 nitrogen and oxygen atoms in total. The van der Waals surface area contributed by atoms with Crippen LogP contribution in [0.3, 0.4) is 0 Å². The molecule has 5 unspecified atom stereocenters. The summed E-state index contributed by atoms with van der Waals surface area (Å²) in [7, 11) is 0. The van der Waals surface area contributed by atoms with Crippen LogP contribution in [0.5, 0.6) is 28.7 Å². The second-order valence-corrected chi connectivity index (χ2v) is 9.33. The van der Waals surface area contributed by atoms with Gasteiger partial charge < -0.3 is 47.4 Å². The maximum absolute atomic E-state index is 6.35. The third-order valence-electron chi connectivity index (χ3n) is 6.21. The van der Waals surface area contributed by atoms with Crippen molar-refractivity contribution in [1.82, 2.24) is 0 Å². The summed E-state index contributed by atoms with van der Waals surface area (Å²) in [6.45, 7) is 5.45. The van der Waals surface area contributed by atoms with Crippen LogP contribution in [0.1, 0.15) is 0 Å². The Kier molecular flexibility index (Phi) is 5.71. The van der Waals surface area contributed by atoms with Crippen molar-refractivity contribution in [1.29, 1.82) is 0 Å². The summed E-state index contributed by atoms with van der Waals surface area (Å²) in [4.78, 5) is 0. The maximum Gasteiger partial charge on any atom is 0.208 e. The molecule has 0 amide bonds. The third-order valence-corrected chi connectivity index (χ3v) is 6.21. The van der Waals surface area contributed by atoms with E-state index in [2.05, 4.69) is 0 Å². The SMILES string of the molecule is c1cc(OCC2CO2)c2c(OCC3CO3)c(OCC3CO3)c(OCC3CO3)c(OCC3CO3)c2c1. The summed E-state index contributed by atoms with van der Waals surface area (Å²) in [6, 6.07) is 5.84. The summed E-state index contributed by atoms with van der Waals surface area (Å²) in [6.07, 6.45) is 0.351. The molecule has 2 aromatic carbocycles. The molecule has 0 bridgehead atoms. The molecule has 5 aliphatic rings. The van der Waals surface area contributed by atoms with Crippen molar-refractivity contribution < 1.29 is 47.4 Å². The molecular weight excluding hydrogens is 460 g/mol. The molecule has 5 atom stereocenters. The topological polar surface area (TPSA) is 109 Å². The third kappa shape index (κ3) is 5.36. The van der Waals surface area contributed by atoms with Gasteiger partial charge in [0.05, 0.1) is 38.4 Å². The van der Waals surface area contributed by atoms with Gasteiger partial charge in [0.15, 0.2) is 11.5 Å². The van der Waals surface area contributed by atoms with Crippen LogP contribution >= 0.6 is 0 Å². The van der Waals surface area contributed by atoms with E-state index in [1.165, 1.54) is 0 Å². The maximum atomic E-state index is 6.35. The first-order chi connectivity index (χ1) is 17.3. The van der Waals surface area contributed by atoms with E-state index in [4.69, 9.17) is 47.4 Å². The first-order valence-electron chi connectivity index (χ1n) is 12.2. The highest BCUT2D eigenvalue weighted by Crippen LogP contribution is 2.54. The molecule has 0 spiro atoms. The fourth-order valence-electron chi connectivity index (χ4n) is 3.77. The largest absolute Gasteiger partial charge is 0.490 e. The van der Waals surface area contributed by atoms with Crippen LogP contribution in [0, 0.1) is 0 Å². The number of hydrogen-bond acceptors (Lipinski definition) is 10. The Labute approximate surface area is 202 Å². The average Bonchev–Trinajstić information content (AvgIpc) is 3.69. The summed E-state index contributed by atoms with van der Waals surface area (Å²) >= 11 is 0. The zero-order valence-corrected chi connectivity index (χ0v) is 19.3. The van der Waals surface area contributed by atoms with E-state index in [9.17, 15) is 0 Å². The Balaban J connectivity index is 1.34. The van der Waals surface area contributed by atoms with E-state index in [1.54, 1.807) is 0 Å². The number of hydrogen-bond donors (Lipinski definition) is 0. The first kappa shape index (κ1) is 21.8. The van der Waals surface area contributed by atoms with Crippen LogP contribution in [-0.4, -0.2) is 96.6 Å². The molecule has 0 aromatic heterocycles. The molecule has 35 heavy (non-hydrogen) atoms. The highest BCUT2D eigenvalue weighted by Gasteiger charge is 2.34. The molecule has 5 aliphatic heterocycles. The average molecular weight is 488 g/mol. The Bertz CT molecular complexity index is 1070. The minimum Gasteiger partial charge on any atom is -0.490 e. The fourth-order valence-corrected chi connectivity index (χ4v) is 3.77. The smallest absolute Gasteiger partial charge is 0.208 e. The van der Waals surface area contributed by atoms with Gasteiger partial charge in [0.2, 0.25) is 11.5 Å². The number of epoxide rings is 5. The lowest BCUT2D eigenvalue weighted by Crippen LogP contribution is -2.14. The van der Waals surface area contributed by atoms with Gasteiger partial charge in [0, 0.05) is 5.39 Å². The Morgan fingerprint density at radius 3 is 1.40 bits per heavy atom. The molecule has 5 fully saturated rings. The molecule has 0 radical (unpaired) electrons. The summed E-state index contributed by atoms with van der Waals surface area (Å²) in [5.41, 5.74) is 0. The molecule has 5 saturated heterocycles. The normalized spacial score (nSPS) is 29.4. The van der Waals surface area contributed by atoms with Crippen molar-refractivity contribution in [3.63, 3.8) is 0 Å². The Morgan fingerprint density at radius 2 is 0.914 bits per heavy atom. The second-order valence-electron chi connectivity index (χ2n) is 9.33. The van der Waals surface area contributed by atoms with Gasteiger partial charge in [-0.15, -0.1) is 0 Å². The van der Waals surface area contributed by atoms with E-state index in [0.29, 0.717) is 94.8 Å². The molecular formula is C25H28O10. The fraction of sp³-hybridized carbons (Fsp3) is 0.600. The Hall–Kier alpha value is -2.50. The number of ether oxygens (including phenoxy) is 10. The van der Waals surface area contributed by atoms with Gasteiger partial charge in [0.25, 0.3) is 0 Å². The van der Waals surface area contributed by atoms with Crippen molar-refractivity contribution in [3.8, 4) is 28.7 Å². The summed E-state index contributed by atoms with van der Waals surface area (Å²) in [5.74, 6) is 2.75. The molecule has 5 heterocycles. The molecule has 7 rings (SSSR count). The summed E-state index contributed by atoms with van der Waals surface area (Å²) < 4.78 is 58.4. The quantitative estimate of drug-likeness (QED) is 0.344. The highest BCUT2D eigenvalue weighted by atomic mass is 16.6. The van der Waals surface area contributed by atoms with Gasteiger partial charge in [-0.1, -0.05) is 12.1 Å². The zero-order chi connectivity index (χ0) is 23.2.